The van der Waals surface area contributed by atoms with E-state index < -0.39 is 7.12 Å². The van der Waals surface area contributed by atoms with Crippen molar-refractivity contribution in [3.8, 4) is 0 Å². The normalized spacial score (nSPS) is 19.1. The standard InChI is InChI=1S/C25H34BN3O5/c1-19(31-4)23-22(26-33-17-25(2,3)18-34-26)14-21(15-27-23)28-10-12-29(13-11-28)24(30)32-16-20-8-6-5-7-9-20/h5-9,14-15,19H,10-13,16-18H2,1-4H3/t19-/m0/s1. The van der Waals surface area contributed by atoms with Gasteiger partial charge in [-0.25, -0.2) is 4.79 Å². The van der Waals surface area contributed by atoms with Gasteiger partial charge in [0.05, 0.1) is 23.7 Å². The van der Waals surface area contributed by atoms with E-state index in [4.69, 9.17) is 23.8 Å². The Morgan fingerprint density at radius 2 is 1.82 bits per heavy atom. The third-order valence-corrected chi connectivity index (χ3v) is 6.29. The maximum Gasteiger partial charge on any atom is 0.495 e. The van der Waals surface area contributed by atoms with Gasteiger partial charge in [0.15, 0.2) is 0 Å². The molecule has 1 aromatic heterocycles. The Balaban J connectivity index is 1.40. The van der Waals surface area contributed by atoms with Crippen molar-refractivity contribution in [1.82, 2.24) is 9.88 Å². The second kappa shape index (κ2) is 10.8. The number of nitrogens with zero attached hydrogens (tertiary/aromatic N) is 3. The molecular formula is C25H34BN3O5. The highest BCUT2D eigenvalue weighted by Crippen LogP contribution is 2.25. The van der Waals surface area contributed by atoms with E-state index in [0.717, 1.165) is 22.4 Å². The molecule has 0 N–H and O–H groups in total. The largest absolute Gasteiger partial charge is 0.495 e. The Kier molecular flexibility index (Phi) is 7.75. The predicted octanol–water partition coefficient (Wildman–Crippen LogP) is 3.02. The second-order valence-electron chi connectivity index (χ2n) is 9.68. The number of aromatic nitrogens is 1. The lowest BCUT2D eigenvalue weighted by Crippen LogP contribution is -2.51. The van der Waals surface area contributed by atoms with Gasteiger partial charge in [-0.3, -0.25) is 4.98 Å². The van der Waals surface area contributed by atoms with Crippen molar-refractivity contribution in [2.75, 3.05) is 51.4 Å². The van der Waals surface area contributed by atoms with Crippen LogP contribution in [0.4, 0.5) is 10.5 Å². The van der Waals surface area contributed by atoms with Gasteiger partial charge in [0.2, 0.25) is 0 Å². The van der Waals surface area contributed by atoms with Crippen LogP contribution in [0.15, 0.2) is 42.6 Å². The number of hydrogen-bond acceptors (Lipinski definition) is 7. The van der Waals surface area contributed by atoms with Crippen LogP contribution in [-0.2, 0) is 25.4 Å². The highest BCUT2D eigenvalue weighted by atomic mass is 16.6. The molecule has 8 nitrogen and oxygen atoms in total. The maximum absolute atomic E-state index is 12.5. The highest BCUT2D eigenvalue weighted by molar-refractivity contribution is 6.62. The molecule has 0 radical (unpaired) electrons. The summed E-state index contributed by atoms with van der Waals surface area (Å²) < 4.78 is 23.2. The fourth-order valence-electron chi connectivity index (χ4n) is 4.12. The number of ether oxygens (including phenoxy) is 2. The molecule has 3 heterocycles. The number of rotatable bonds is 6. The van der Waals surface area contributed by atoms with Gasteiger partial charge in [-0.2, -0.15) is 0 Å². The number of amides is 1. The number of benzene rings is 1. The van der Waals surface area contributed by atoms with E-state index in [1.54, 1.807) is 12.0 Å². The molecule has 1 aromatic carbocycles. The lowest BCUT2D eigenvalue weighted by atomic mass is 9.74. The van der Waals surface area contributed by atoms with E-state index in [0.29, 0.717) is 39.4 Å². The van der Waals surface area contributed by atoms with Gasteiger partial charge in [-0.15, -0.1) is 0 Å². The lowest BCUT2D eigenvalue weighted by Gasteiger charge is -2.36. The average molecular weight is 467 g/mol. The molecule has 2 fully saturated rings. The first-order valence-electron chi connectivity index (χ1n) is 11.8. The zero-order chi connectivity index (χ0) is 24.1. The average Bonchev–Trinajstić information content (AvgIpc) is 2.87. The minimum atomic E-state index is -0.470. The van der Waals surface area contributed by atoms with Gasteiger partial charge in [0.25, 0.3) is 0 Å². The summed E-state index contributed by atoms with van der Waals surface area (Å²) in [5, 5.41) is 0. The van der Waals surface area contributed by atoms with Crippen LogP contribution in [0.3, 0.4) is 0 Å². The van der Waals surface area contributed by atoms with Crippen LogP contribution in [0, 0.1) is 5.41 Å². The first-order valence-corrected chi connectivity index (χ1v) is 11.8. The molecule has 9 heteroatoms. The second-order valence-corrected chi connectivity index (χ2v) is 9.68. The monoisotopic (exact) mass is 467 g/mol. The summed E-state index contributed by atoms with van der Waals surface area (Å²) in [6.07, 6.45) is 1.41. The maximum atomic E-state index is 12.5. The van der Waals surface area contributed by atoms with Crippen molar-refractivity contribution in [2.24, 2.45) is 5.41 Å². The number of carbonyl (C=O) groups is 1. The van der Waals surface area contributed by atoms with Crippen molar-refractivity contribution >= 4 is 24.4 Å². The Labute approximate surface area is 202 Å². The first kappa shape index (κ1) is 24.5. The van der Waals surface area contributed by atoms with Gasteiger partial charge in [-0.05, 0) is 18.6 Å². The van der Waals surface area contributed by atoms with Gasteiger partial charge >= 0.3 is 13.2 Å². The Morgan fingerprint density at radius 1 is 1.15 bits per heavy atom. The van der Waals surface area contributed by atoms with Gasteiger partial charge in [-0.1, -0.05) is 44.2 Å². The Hall–Kier alpha value is -2.62. The molecule has 2 aliphatic heterocycles. The van der Waals surface area contributed by atoms with Gasteiger partial charge in [0.1, 0.15) is 6.61 Å². The molecule has 0 saturated carbocycles. The number of pyridine rings is 1. The SMILES string of the molecule is CO[C@@H](C)c1ncc(N2CCN(C(=O)OCc3ccccc3)CC2)cc1B1OCC(C)(C)CO1. The van der Waals surface area contributed by atoms with E-state index in [2.05, 4.69) is 24.8 Å². The molecule has 0 unspecified atom stereocenters. The lowest BCUT2D eigenvalue weighted by molar-refractivity contribution is 0.0338. The van der Waals surface area contributed by atoms with Crippen LogP contribution >= 0.6 is 0 Å². The third-order valence-electron chi connectivity index (χ3n) is 6.29. The smallest absolute Gasteiger partial charge is 0.445 e. The minimum Gasteiger partial charge on any atom is -0.445 e. The van der Waals surface area contributed by atoms with Crippen molar-refractivity contribution in [1.29, 1.82) is 0 Å². The van der Waals surface area contributed by atoms with E-state index in [9.17, 15) is 4.79 Å². The van der Waals surface area contributed by atoms with Crippen LogP contribution in [0.25, 0.3) is 0 Å². The summed E-state index contributed by atoms with van der Waals surface area (Å²) in [7, 11) is 1.20. The van der Waals surface area contributed by atoms with E-state index in [1.165, 1.54) is 0 Å². The number of anilines is 1. The van der Waals surface area contributed by atoms with Crippen molar-refractivity contribution in [2.45, 2.75) is 33.5 Å². The third kappa shape index (κ3) is 5.89. The summed E-state index contributed by atoms with van der Waals surface area (Å²) in [6.45, 7) is 10.3. The van der Waals surface area contributed by atoms with Crippen LogP contribution < -0.4 is 10.4 Å². The molecule has 0 spiro atoms. The summed E-state index contributed by atoms with van der Waals surface area (Å²) in [5.41, 5.74) is 3.66. The molecule has 182 valence electrons. The van der Waals surface area contributed by atoms with Crippen LogP contribution in [0.1, 0.15) is 38.1 Å². The van der Waals surface area contributed by atoms with E-state index in [1.807, 2.05) is 43.5 Å². The van der Waals surface area contributed by atoms with E-state index >= 15 is 0 Å². The van der Waals surface area contributed by atoms with Crippen LogP contribution in [0.5, 0.6) is 0 Å². The topological polar surface area (TPSA) is 73.4 Å². The zero-order valence-electron chi connectivity index (χ0n) is 20.5. The first-order chi connectivity index (χ1) is 16.4. The summed E-state index contributed by atoms with van der Waals surface area (Å²) >= 11 is 0. The fraction of sp³-hybridized carbons (Fsp3) is 0.520. The highest BCUT2D eigenvalue weighted by Gasteiger charge is 2.36. The number of piperazine rings is 1. The molecule has 34 heavy (non-hydrogen) atoms. The molecule has 2 aliphatic rings. The Morgan fingerprint density at radius 3 is 2.47 bits per heavy atom. The van der Waals surface area contributed by atoms with Crippen LogP contribution in [0.2, 0.25) is 0 Å². The number of hydrogen-bond donors (Lipinski definition) is 0. The predicted molar refractivity (Wildman–Crippen MR) is 131 cm³/mol. The minimum absolute atomic E-state index is 0.0139. The van der Waals surface area contributed by atoms with Gasteiger partial charge in [0, 0.05) is 57.4 Å². The summed E-state index contributed by atoms with van der Waals surface area (Å²) in [6, 6.07) is 11.8. The molecule has 1 atom stereocenters. The quantitative estimate of drug-likeness (QED) is 0.605. The summed E-state index contributed by atoms with van der Waals surface area (Å²) in [5.74, 6) is 0. The van der Waals surface area contributed by atoms with Gasteiger partial charge < -0.3 is 28.6 Å². The zero-order valence-corrected chi connectivity index (χ0v) is 20.5. The summed E-state index contributed by atoms with van der Waals surface area (Å²) in [4.78, 5) is 21.2. The van der Waals surface area contributed by atoms with Crippen molar-refractivity contribution < 1.29 is 23.6 Å². The molecule has 2 aromatic rings. The molecule has 4 rings (SSSR count). The molecule has 2 saturated heterocycles. The Bertz CT molecular complexity index is 956. The fourth-order valence-corrected chi connectivity index (χ4v) is 4.12. The molecule has 1 amide bonds. The van der Waals surface area contributed by atoms with Crippen molar-refractivity contribution in [3.63, 3.8) is 0 Å². The van der Waals surface area contributed by atoms with Crippen molar-refractivity contribution in [3.05, 3.63) is 53.9 Å². The van der Waals surface area contributed by atoms with Crippen LogP contribution in [-0.4, -0.2) is 69.6 Å². The molecular weight excluding hydrogens is 433 g/mol. The number of carbonyl (C=O) groups excluding carboxylic acids is 1. The molecule has 0 bridgehead atoms. The van der Waals surface area contributed by atoms with E-state index in [-0.39, 0.29) is 24.2 Å². The molecule has 0 aliphatic carbocycles. The number of methoxy groups -OCH3 is 1.